The molecule has 0 aliphatic rings. The van der Waals surface area contributed by atoms with Gasteiger partial charge in [0.2, 0.25) is 0 Å². The van der Waals surface area contributed by atoms with Gasteiger partial charge in [-0.1, -0.05) is 13.8 Å². The van der Waals surface area contributed by atoms with Crippen LogP contribution in [-0.4, -0.2) is 22.2 Å². The topological polar surface area (TPSA) is 83.5 Å². The average molecular weight is 173 g/mol. The second kappa shape index (κ2) is 4.11. The van der Waals surface area contributed by atoms with Gasteiger partial charge in [0.1, 0.15) is 6.04 Å². The predicted octanol–water partition coefficient (Wildman–Crippen LogP) is 0.886. The Hall–Kier alpha value is -1.03. The standard InChI is InChI=1S/C8H15NO3/c1-4(2)6(5(3)10)7(9)8(11)12/h4,7,10H,9H2,1-3H3,(H,11,12)/b6-5-. The van der Waals surface area contributed by atoms with Crippen molar-refractivity contribution in [3.63, 3.8) is 0 Å². The van der Waals surface area contributed by atoms with Crippen molar-refractivity contribution in [2.45, 2.75) is 26.8 Å². The van der Waals surface area contributed by atoms with E-state index in [1.165, 1.54) is 6.92 Å². The minimum absolute atomic E-state index is 0.0000926. The van der Waals surface area contributed by atoms with E-state index in [1.54, 1.807) is 13.8 Å². The van der Waals surface area contributed by atoms with Crippen molar-refractivity contribution in [1.82, 2.24) is 0 Å². The number of hydrogen-bond donors (Lipinski definition) is 3. The maximum atomic E-state index is 10.5. The number of aliphatic carboxylic acids is 1. The molecule has 12 heavy (non-hydrogen) atoms. The lowest BCUT2D eigenvalue weighted by atomic mass is 9.95. The number of nitrogens with two attached hydrogens (primary N) is 1. The predicted molar refractivity (Wildman–Crippen MR) is 45.8 cm³/mol. The summed E-state index contributed by atoms with van der Waals surface area (Å²) >= 11 is 0. The van der Waals surface area contributed by atoms with Gasteiger partial charge in [-0.2, -0.15) is 0 Å². The minimum Gasteiger partial charge on any atom is -0.513 e. The lowest BCUT2D eigenvalue weighted by Gasteiger charge is -2.16. The van der Waals surface area contributed by atoms with Crippen LogP contribution in [0.1, 0.15) is 20.8 Å². The number of hydrogen-bond acceptors (Lipinski definition) is 3. The number of allylic oxidation sites excluding steroid dienone is 1. The smallest absolute Gasteiger partial charge is 0.324 e. The summed E-state index contributed by atoms with van der Waals surface area (Å²) in [4.78, 5) is 10.5. The van der Waals surface area contributed by atoms with Crippen molar-refractivity contribution in [1.29, 1.82) is 0 Å². The summed E-state index contributed by atoms with van der Waals surface area (Å²) in [6, 6.07) is -1.10. The van der Waals surface area contributed by atoms with Crippen molar-refractivity contribution in [3.8, 4) is 0 Å². The second-order valence-electron chi connectivity index (χ2n) is 3.01. The first-order valence-electron chi connectivity index (χ1n) is 3.76. The van der Waals surface area contributed by atoms with Crippen LogP contribution in [0.3, 0.4) is 0 Å². The molecular formula is C8H15NO3. The highest BCUT2D eigenvalue weighted by molar-refractivity contribution is 5.77. The average Bonchev–Trinajstić information content (AvgIpc) is 1.85. The lowest BCUT2D eigenvalue weighted by molar-refractivity contribution is -0.137. The van der Waals surface area contributed by atoms with Crippen LogP contribution < -0.4 is 5.73 Å². The molecule has 0 saturated heterocycles. The maximum Gasteiger partial charge on any atom is 0.324 e. The highest BCUT2D eigenvalue weighted by atomic mass is 16.4. The molecule has 0 aromatic carbocycles. The molecule has 0 bridgehead atoms. The van der Waals surface area contributed by atoms with Crippen molar-refractivity contribution in [2.75, 3.05) is 0 Å². The normalized spacial score (nSPS) is 15.8. The molecule has 70 valence electrons. The molecule has 0 spiro atoms. The quantitative estimate of drug-likeness (QED) is 0.553. The third kappa shape index (κ3) is 2.54. The monoisotopic (exact) mass is 173 g/mol. The Morgan fingerprint density at radius 3 is 1.83 bits per heavy atom. The molecule has 0 fully saturated rings. The van der Waals surface area contributed by atoms with Crippen LogP contribution in [0.5, 0.6) is 0 Å². The minimum atomic E-state index is -1.12. The Balaban J connectivity index is 4.78. The Morgan fingerprint density at radius 1 is 1.33 bits per heavy atom. The first kappa shape index (κ1) is 11.0. The zero-order chi connectivity index (χ0) is 9.89. The summed E-state index contributed by atoms with van der Waals surface area (Å²) in [5.41, 5.74) is 5.72. The van der Waals surface area contributed by atoms with Crippen LogP contribution in [0.25, 0.3) is 0 Å². The number of carboxylic acid groups (broad SMARTS) is 1. The van der Waals surface area contributed by atoms with Crippen molar-refractivity contribution in [3.05, 3.63) is 11.3 Å². The first-order valence-corrected chi connectivity index (χ1v) is 3.76. The van der Waals surface area contributed by atoms with Gasteiger partial charge in [0.15, 0.2) is 0 Å². The van der Waals surface area contributed by atoms with Crippen LogP contribution in [0.2, 0.25) is 0 Å². The van der Waals surface area contributed by atoms with E-state index in [0.717, 1.165) is 0 Å². The summed E-state index contributed by atoms with van der Waals surface area (Å²) < 4.78 is 0. The molecule has 0 aliphatic carbocycles. The van der Waals surface area contributed by atoms with Crippen LogP contribution in [0, 0.1) is 5.92 Å². The molecule has 0 rings (SSSR count). The molecule has 4 nitrogen and oxygen atoms in total. The number of carbonyl (C=O) groups is 1. The maximum absolute atomic E-state index is 10.5. The van der Waals surface area contributed by atoms with E-state index in [9.17, 15) is 4.79 Å². The molecule has 0 radical (unpaired) electrons. The van der Waals surface area contributed by atoms with Gasteiger partial charge in [0.25, 0.3) is 0 Å². The third-order valence-electron chi connectivity index (χ3n) is 1.64. The molecule has 0 saturated carbocycles. The number of aliphatic hydroxyl groups is 1. The molecule has 0 amide bonds. The van der Waals surface area contributed by atoms with E-state index >= 15 is 0 Å². The fourth-order valence-electron chi connectivity index (χ4n) is 1.13. The lowest BCUT2D eigenvalue weighted by Crippen LogP contribution is -2.34. The van der Waals surface area contributed by atoms with E-state index < -0.39 is 12.0 Å². The summed E-state index contributed by atoms with van der Waals surface area (Å²) in [7, 11) is 0. The van der Waals surface area contributed by atoms with Gasteiger partial charge in [-0.15, -0.1) is 0 Å². The first-order chi connectivity index (χ1) is 5.37. The second-order valence-corrected chi connectivity index (χ2v) is 3.01. The molecule has 0 aromatic rings. The molecular weight excluding hydrogens is 158 g/mol. The fraction of sp³-hybridized carbons (Fsp3) is 0.625. The van der Waals surface area contributed by atoms with Crippen molar-refractivity contribution in [2.24, 2.45) is 11.7 Å². The van der Waals surface area contributed by atoms with Crippen LogP contribution in [0.15, 0.2) is 11.3 Å². The molecule has 0 aliphatic heterocycles. The zero-order valence-electron chi connectivity index (χ0n) is 7.53. The number of carboxylic acids is 1. The van der Waals surface area contributed by atoms with E-state index in [-0.39, 0.29) is 11.7 Å². The van der Waals surface area contributed by atoms with Gasteiger partial charge in [-0.05, 0) is 18.4 Å². The van der Waals surface area contributed by atoms with Crippen molar-refractivity contribution < 1.29 is 15.0 Å². The Bertz CT molecular complexity index is 204. The largest absolute Gasteiger partial charge is 0.513 e. The summed E-state index contributed by atoms with van der Waals surface area (Å²) in [5, 5.41) is 17.7. The van der Waals surface area contributed by atoms with E-state index in [1.807, 2.05) is 0 Å². The molecule has 4 heteroatoms. The van der Waals surface area contributed by atoms with Crippen LogP contribution in [-0.2, 0) is 4.79 Å². The SMILES string of the molecule is C/C(O)=C(\C(C)C)C(N)C(=O)O. The van der Waals surface area contributed by atoms with E-state index in [4.69, 9.17) is 15.9 Å². The summed E-state index contributed by atoms with van der Waals surface area (Å²) in [5.74, 6) is -1.17. The van der Waals surface area contributed by atoms with Crippen LogP contribution in [0.4, 0.5) is 0 Å². The summed E-state index contributed by atoms with van der Waals surface area (Å²) in [6.45, 7) is 5.02. The van der Waals surface area contributed by atoms with Gasteiger partial charge in [0.05, 0.1) is 5.76 Å². The van der Waals surface area contributed by atoms with Crippen molar-refractivity contribution >= 4 is 5.97 Å². The Labute approximate surface area is 71.7 Å². The molecule has 1 atom stereocenters. The Kier molecular flexibility index (Phi) is 3.76. The van der Waals surface area contributed by atoms with Gasteiger partial charge in [-0.3, -0.25) is 4.79 Å². The molecule has 0 aromatic heterocycles. The van der Waals surface area contributed by atoms with Gasteiger partial charge >= 0.3 is 5.97 Å². The van der Waals surface area contributed by atoms with Crippen LogP contribution >= 0.6 is 0 Å². The highest BCUT2D eigenvalue weighted by Gasteiger charge is 2.22. The molecule has 4 N–H and O–H groups in total. The summed E-state index contributed by atoms with van der Waals surface area (Å²) in [6.07, 6.45) is 0. The van der Waals surface area contributed by atoms with E-state index in [0.29, 0.717) is 5.57 Å². The zero-order valence-corrected chi connectivity index (χ0v) is 7.53. The number of rotatable bonds is 3. The molecule has 1 unspecified atom stereocenters. The van der Waals surface area contributed by atoms with E-state index in [2.05, 4.69) is 0 Å². The highest BCUT2D eigenvalue weighted by Crippen LogP contribution is 2.16. The van der Waals surface area contributed by atoms with Gasteiger partial charge in [-0.25, -0.2) is 0 Å². The third-order valence-corrected chi connectivity index (χ3v) is 1.64. The number of aliphatic hydroxyl groups excluding tert-OH is 1. The Morgan fingerprint density at radius 2 is 1.75 bits per heavy atom. The molecule has 0 heterocycles. The fourth-order valence-corrected chi connectivity index (χ4v) is 1.13. The van der Waals surface area contributed by atoms with Gasteiger partial charge < -0.3 is 15.9 Å². The van der Waals surface area contributed by atoms with Gasteiger partial charge in [0, 0.05) is 0 Å².